The van der Waals surface area contributed by atoms with Gasteiger partial charge >= 0.3 is 0 Å². The number of hydrogen-bond donors (Lipinski definition) is 0. The number of hydrogen-bond acceptors (Lipinski definition) is 7. The van der Waals surface area contributed by atoms with Crippen molar-refractivity contribution in [2.24, 2.45) is 0 Å². The largest absolute Gasteiger partial charge is 0.375 e. The average molecular weight is 391 g/mol. The second-order valence-corrected chi connectivity index (χ2v) is 9.26. The van der Waals surface area contributed by atoms with E-state index in [1.807, 2.05) is 11.8 Å². The first-order valence-electron chi connectivity index (χ1n) is 9.28. The Hall–Kier alpha value is -1.38. The van der Waals surface area contributed by atoms with Crippen LogP contribution in [0.1, 0.15) is 34.7 Å². The highest BCUT2D eigenvalue weighted by Gasteiger charge is 2.30. The summed E-state index contributed by atoms with van der Waals surface area (Å²) in [7, 11) is 0. The summed E-state index contributed by atoms with van der Waals surface area (Å²) in [5.41, 5.74) is 3.46. The number of nitrogens with zero attached hydrogens (tertiary/aromatic N) is 4. The number of thioether (sulfide) groups is 1. The van der Waals surface area contributed by atoms with Crippen molar-refractivity contribution < 1.29 is 4.74 Å². The Kier molecular flexibility index (Phi) is 4.50. The molecule has 0 bridgehead atoms. The standard InChI is InChI=1S/C18H22N4O2S2/c23-17-8-12-11-25-7-4-14(12)20-22(17)9-13-2-1-5-21(13)18-19-15-3-6-24-10-16(15)26-18/h8,13H,1-7,9-11H2. The van der Waals surface area contributed by atoms with Crippen molar-refractivity contribution in [3.05, 3.63) is 38.2 Å². The van der Waals surface area contributed by atoms with Crippen LogP contribution < -0.4 is 10.5 Å². The number of ether oxygens (including phenoxy) is 1. The molecule has 0 N–H and O–H groups in total. The van der Waals surface area contributed by atoms with E-state index in [4.69, 9.17) is 14.8 Å². The molecule has 0 radical (unpaired) electrons. The monoisotopic (exact) mass is 390 g/mol. The lowest BCUT2D eigenvalue weighted by molar-refractivity contribution is 0.112. The van der Waals surface area contributed by atoms with E-state index in [-0.39, 0.29) is 5.56 Å². The molecule has 8 heteroatoms. The van der Waals surface area contributed by atoms with E-state index in [9.17, 15) is 4.79 Å². The molecule has 1 unspecified atom stereocenters. The van der Waals surface area contributed by atoms with E-state index < -0.39 is 0 Å². The van der Waals surface area contributed by atoms with Gasteiger partial charge in [0.05, 0.1) is 42.1 Å². The SMILES string of the molecule is O=c1cc2c(nn1CC1CCCN1c1nc3c(s1)COCC3)CCSC2. The zero-order chi connectivity index (χ0) is 17.5. The van der Waals surface area contributed by atoms with Gasteiger partial charge in [-0.15, -0.1) is 0 Å². The second kappa shape index (κ2) is 6.98. The summed E-state index contributed by atoms with van der Waals surface area (Å²) in [6.45, 7) is 3.12. The van der Waals surface area contributed by atoms with Crippen molar-refractivity contribution in [3.8, 4) is 0 Å². The minimum Gasteiger partial charge on any atom is -0.375 e. The van der Waals surface area contributed by atoms with Gasteiger partial charge in [-0.05, 0) is 24.2 Å². The zero-order valence-corrected chi connectivity index (χ0v) is 16.3. The first-order valence-corrected chi connectivity index (χ1v) is 11.3. The molecule has 0 spiro atoms. The van der Waals surface area contributed by atoms with Crippen LogP contribution in [0.2, 0.25) is 0 Å². The molecule has 1 saturated heterocycles. The molecule has 0 amide bonds. The normalized spacial score (nSPS) is 22.3. The number of rotatable bonds is 3. The number of aromatic nitrogens is 3. The van der Waals surface area contributed by atoms with Gasteiger partial charge in [-0.25, -0.2) is 9.67 Å². The number of anilines is 1. The Morgan fingerprint density at radius 3 is 3.19 bits per heavy atom. The summed E-state index contributed by atoms with van der Waals surface area (Å²) >= 11 is 3.64. The quantitative estimate of drug-likeness (QED) is 0.801. The number of thiazole rings is 1. The minimum absolute atomic E-state index is 0.0323. The van der Waals surface area contributed by atoms with Crippen LogP contribution in [-0.2, 0) is 36.5 Å². The molecule has 6 nitrogen and oxygen atoms in total. The number of aryl methyl sites for hydroxylation is 1. The van der Waals surface area contributed by atoms with Crippen LogP contribution in [0.5, 0.6) is 0 Å². The van der Waals surface area contributed by atoms with Crippen LogP contribution in [-0.4, -0.2) is 39.7 Å². The first-order chi connectivity index (χ1) is 12.8. The predicted octanol–water partition coefficient (Wildman–Crippen LogP) is 2.23. The predicted molar refractivity (Wildman–Crippen MR) is 104 cm³/mol. The van der Waals surface area contributed by atoms with Crippen LogP contribution >= 0.6 is 23.1 Å². The Bertz CT molecular complexity index is 855. The van der Waals surface area contributed by atoms with E-state index in [1.165, 1.54) is 10.6 Å². The highest BCUT2D eigenvalue weighted by atomic mass is 32.2. The first kappa shape index (κ1) is 16.8. The molecule has 2 aromatic rings. The van der Waals surface area contributed by atoms with E-state index in [0.29, 0.717) is 19.2 Å². The Morgan fingerprint density at radius 1 is 1.31 bits per heavy atom. The molecule has 1 fully saturated rings. The summed E-state index contributed by atoms with van der Waals surface area (Å²) in [5, 5.41) is 5.79. The third kappa shape index (κ3) is 3.08. The van der Waals surface area contributed by atoms with Gasteiger partial charge in [0.2, 0.25) is 0 Å². The molecule has 5 rings (SSSR count). The minimum atomic E-state index is 0.0323. The highest BCUT2D eigenvalue weighted by Crippen LogP contribution is 2.34. The molecule has 1 atom stereocenters. The zero-order valence-electron chi connectivity index (χ0n) is 14.6. The maximum atomic E-state index is 12.5. The van der Waals surface area contributed by atoms with Gasteiger partial charge in [0.25, 0.3) is 5.56 Å². The molecule has 26 heavy (non-hydrogen) atoms. The second-order valence-electron chi connectivity index (χ2n) is 7.10. The van der Waals surface area contributed by atoms with Gasteiger partial charge in [-0.3, -0.25) is 4.79 Å². The fourth-order valence-electron chi connectivity index (χ4n) is 3.99. The average Bonchev–Trinajstić information content (AvgIpc) is 3.28. The number of fused-ring (bicyclic) bond motifs is 2. The van der Waals surface area contributed by atoms with E-state index in [0.717, 1.165) is 66.7 Å². The molecule has 2 aromatic heterocycles. The lowest BCUT2D eigenvalue weighted by Crippen LogP contribution is -2.37. The fourth-order valence-corrected chi connectivity index (χ4v) is 6.09. The van der Waals surface area contributed by atoms with Gasteiger partial charge in [0.15, 0.2) is 5.13 Å². The van der Waals surface area contributed by atoms with Crippen molar-refractivity contribution in [2.45, 2.75) is 50.6 Å². The molecule has 3 aliphatic heterocycles. The molecule has 138 valence electrons. The highest BCUT2D eigenvalue weighted by molar-refractivity contribution is 7.98. The van der Waals surface area contributed by atoms with E-state index in [1.54, 1.807) is 22.1 Å². The summed E-state index contributed by atoms with van der Waals surface area (Å²) in [6.07, 6.45) is 4.10. The third-order valence-corrected chi connectivity index (χ3v) is 7.51. The van der Waals surface area contributed by atoms with Crippen LogP contribution in [0.25, 0.3) is 0 Å². The molecule has 0 saturated carbocycles. The summed E-state index contributed by atoms with van der Waals surface area (Å²) in [5.74, 6) is 2.02. The summed E-state index contributed by atoms with van der Waals surface area (Å²) in [6, 6.07) is 2.09. The van der Waals surface area contributed by atoms with Crippen molar-refractivity contribution in [1.82, 2.24) is 14.8 Å². The maximum Gasteiger partial charge on any atom is 0.267 e. The van der Waals surface area contributed by atoms with E-state index in [2.05, 4.69) is 4.90 Å². The van der Waals surface area contributed by atoms with E-state index >= 15 is 0 Å². The Balaban J connectivity index is 1.39. The summed E-state index contributed by atoms with van der Waals surface area (Å²) < 4.78 is 7.25. The van der Waals surface area contributed by atoms with Gasteiger partial charge in [-0.1, -0.05) is 11.3 Å². The van der Waals surface area contributed by atoms with Crippen molar-refractivity contribution in [2.75, 3.05) is 23.8 Å². The van der Waals surface area contributed by atoms with Gasteiger partial charge < -0.3 is 9.64 Å². The third-order valence-electron chi connectivity index (χ3n) is 5.39. The molecular weight excluding hydrogens is 368 g/mol. The van der Waals surface area contributed by atoms with Gasteiger partial charge in [0.1, 0.15) is 0 Å². The van der Waals surface area contributed by atoms with Crippen molar-refractivity contribution >= 4 is 28.2 Å². The fraction of sp³-hybridized carbons (Fsp3) is 0.611. The molecular formula is C18H22N4O2S2. The van der Waals surface area contributed by atoms with Crippen LogP contribution in [0, 0.1) is 0 Å². The Labute approximate surface area is 160 Å². The molecule has 3 aliphatic rings. The van der Waals surface area contributed by atoms with Crippen molar-refractivity contribution in [1.29, 1.82) is 0 Å². The van der Waals surface area contributed by atoms with Gasteiger partial charge in [-0.2, -0.15) is 16.9 Å². The Morgan fingerprint density at radius 2 is 2.27 bits per heavy atom. The van der Waals surface area contributed by atoms with Gasteiger partial charge in [0, 0.05) is 31.2 Å². The maximum absolute atomic E-state index is 12.5. The smallest absolute Gasteiger partial charge is 0.267 e. The van der Waals surface area contributed by atoms with Crippen molar-refractivity contribution in [3.63, 3.8) is 0 Å². The van der Waals surface area contributed by atoms with Crippen LogP contribution in [0.15, 0.2) is 10.9 Å². The molecule has 0 aromatic carbocycles. The lowest BCUT2D eigenvalue weighted by atomic mass is 10.2. The topological polar surface area (TPSA) is 60.2 Å². The van der Waals surface area contributed by atoms with Crippen LogP contribution in [0.4, 0.5) is 5.13 Å². The summed E-state index contributed by atoms with van der Waals surface area (Å²) in [4.78, 5) is 21.0. The molecule has 5 heterocycles. The molecule has 0 aliphatic carbocycles. The lowest BCUT2D eigenvalue weighted by Gasteiger charge is -2.25. The van der Waals surface area contributed by atoms with Crippen LogP contribution in [0.3, 0.4) is 0 Å².